The number of nitrogens with zero attached hydrogens (tertiary/aromatic N) is 2. The molecule has 148 valence electrons. The molecule has 3 aromatic rings. The molecule has 0 saturated heterocycles. The molecule has 1 aliphatic carbocycles. The molecule has 5 nitrogen and oxygen atoms in total. The molecule has 1 N–H and O–H groups in total. The number of hydrogen-bond acceptors (Lipinski definition) is 3. The van der Waals surface area contributed by atoms with Gasteiger partial charge in [0.15, 0.2) is 5.82 Å². The molecule has 29 heavy (non-hydrogen) atoms. The van der Waals surface area contributed by atoms with Crippen LogP contribution in [0, 0.1) is 17.5 Å². The molecular formula is C21H15F3N2O3. The van der Waals surface area contributed by atoms with Gasteiger partial charge in [-0.1, -0.05) is 12.1 Å². The normalized spacial score (nSPS) is 15.8. The second-order valence-electron chi connectivity index (χ2n) is 7.47. The fourth-order valence-corrected chi connectivity index (χ4v) is 4.05. The average molecular weight is 400 g/mol. The molecule has 1 aromatic heterocycles. The van der Waals surface area contributed by atoms with Gasteiger partial charge in [0.1, 0.15) is 22.9 Å². The fraction of sp³-hybridized carbons (Fsp3) is 0.238. The van der Waals surface area contributed by atoms with Crippen LogP contribution < -0.4 is 10.3 Å². The van der Waals surface area contributed by atoms with E-state index in [1.165, 1.54) is 15.5 Å². The van der Waals surface area contributed by atoms with Crippen LogP contribution in [0.15, 0.2) is 35.3 Å². The van der Waals surface area contributed by atoms with Crippen molar-refractivity contribution in [3.05, 3.63) is 74.8 Å². The number of aromatic carboxylic acids is 1. The second kappa shape index (κ2) is 6.10. The SMILES string of the molecule is O=C(O)c1cn(C2CC2)c2c(F)c(N3Cc4cccc(F)c4C3)c(F)cc2c1=O. The number of halogens is 3. The van der Waals surface area contributed by atoms with Crippen molar-refractivity contribution < 1.29 is 23.1 Å². The van der Waals surface area contributed by atoms with Crippen molar-refractivity contribution in [3.63, 3.8) is 0 Å². The highest BCUT2D eigenvalue weighted by atomic mass is 19.1. The molecular weight excluding hydrogens is 385 g/mol. The first-order chi connectivity index (χ1) is 13.9. The van der Waals surface area contributed by atoms with Crippen molar-refractivity contribution in [2.45, 2.75) is 32.0 Å². The lowest BCUT2D eigenvalue weighted by Crippen LogP contribution is -2.23. The lowest BCUT2D eigenvalue weighted by molar-refractivity contribution is 0.0694. The minimum Gasteiger partial charge on any atom is -0.477 e. The largest absolute Gasteiger partial charge is 0.477 e. The Morgan fingerprint density at radius 3 is 2.52 bits per heavy atom. The van der Waals surface area contributed by atoms with Crippen LogP contribution in [0.3, 0.4) is 0 Å². The summed E-state index contributed by atoms with van der Waals surface area (Å²) in [5.74, 6) is -3.80. The Bertz CT molecular complexity index is 1260. The zero-order valence-corrected chi connectivity index (χ0v) is 15.1. The van der Waals surface area contributed by atoms with Crippen molar-refractivity contribution in [3.8, 4) is 0 Å². The third-order valence-corrected chi connectivity index (χ3v) is 5.60. The zero-order valence-electron chi connectivity index (χ0n) is 15.1. The maximum absolute atomic E-state index is 15.6. The van der Waals surface area contributed by atoms with Gasteiger partial charge in [-0.15, -0.1) is 0 Å². The van der Waals surface area contributed by atoms with E-state index in [1.54, 1.807) is 12.1 Å². The third-order valence-electron chi connectivity index (χ3n) is 5.60. The lowest BCUT2D eigenvalue weighted by atomic mass is 10.1. The van der Waals surface area contributed by atoms with Crippen LogP contribution in [0.25, 0.3) is 10.9 Å². The van der Waals surface area contributed by atoms with Crippen LogP contribution in [0.4, 0.5) is 18.9 Å². The summed E-state index contributed by atoms with van der Waals surface area (Å²) in [6, 6.07) is 5.29. The standard InChI is InChI=1S/C21H15F3N2O3/c22-15-3-1-2-10-7-25(8-13(10)15)19-16(23)6-12-18(17(19)24)26(11-4-5-11)9-14(20(12)27)21(28)29/h1-3,6,9,11H,4-5,7-8H2,(H,28,29). The highest BCUT2D eigenvalue weighted by Crippen LogP contribution is 2.41. The topological polar surface area (TPSA) is 62.5 Å². The number of carbonyl (C=O) groups is 1. The Hall–Kier alpha value is -3.29. The molecule has 2 aromatic carbocycles. The van der Waals surface area contributed by atoms with Crippen LogP contribution in [-0.4, -0.2) is 15.6 Å². The summed E-state index contributed by atoms with van der Waals surface area (Å²) >= 11 is 0. The van der Waals surface area contributed by atoms with Gasteiger partial charge in [0.25, 0.3) is 0 Å². The van der Waals surface area contributed by atoms with E-state index in [0.717, 1.165) is 12.3 Å². The van der Waals surface area contributed by atoms with Crippen LogP contribution in [0.1, 0.15) is 40.4 Å². The lowest BCUT2D eigenvalue weighted by Gasteiger charge is -2.22. The summed E-state index contributed by atoms with van der Waals surface area (Å²) in [7, 11) is 0. The first-order valence-electron chi connectivity index (χ1n) is 9.18. The van der Waals surface area contributed by atoms with E-state index in [-0.39, 0.29) is 35.7 Å². The Balaban J connectivity index is 1.74. The van der Waals surface area contributed by atoms with E-state index in [1.807, 2.05) is 0 Å². The molecule has 0 radical (unpaired) electrons. The summed E-state index contributed by atoms with van der Waals surface area (Å²) in [6.45, 7) is 0.134. The summed E-state index contributed by atoms with van der Waals surface area (Å²) in [5, 5.41) is 8.99. The molecule has 5 rings (SSSR count). The van der Waals surface area contributed by atoms with Gasteiger partial charge >= 0.3 is 5.97 Å². The van der Waals surface area contributed by atoms with Gasteiger partial charge in [-0.25, -0.2) is 18.0 Å². The molecule has 0 unspecified atom stereocenters. The zero-order chi connectivity index (χ0) is 20.4. The molecule has 2 heterocycles. The Morgan fingerprint density at radius 2 is 1.86 bits per heavy atom. The highest BCUT2D eigenvalue weighted by Gasteiger charge is 2.32. The smallest absolute Gasteiger partial charge is 0.341 e. The van der Waals surface area contributed by atoms with Crippen LogP contribution in [0.5, 0.6) is 0 Å². The molecule has 0 atom stereocenters. The van der Waals surface area contributed by atoms with Crippen molar-refractivity contribution >= 4 is 22.6 Å². The number of aromatic nitrogens is 1. The number of carboxylic acid groups (broad SMARTS) is 1. The van der Waals surface area contributed by atoms with Gasteiger partial charge in [-0.2, -0.15) is 0 Å². The predicted molar refractivity (Wildman–Crippen MR) is 99.6 cm³/mol. The maximum Gasteiger partial charge on any atom is 0.341 e. The van der Waals surface area contributed by atoms with E-state index in [9.17, 15) is 23.5 Å². The van der Waals surface area contributed by atoms with Gasteiger partial charge in [0.05, 0.1) is 10.9 Å². The summed E-state index contributed by atoms with van der Waals surface area (Å²) in [4.78, 5) is 25.3. The van der Waals surface area contributed by atoms with E-state index >= 15 is 4.39 Å². The molecule has 8 heteroatoms. The van der Waals surface area contributed by atoms with Gasteiger partial charge in [-0.05, 0) is 30.5 Å². The quantitative estimate of drug-likeness (QED) is 0.723. The maximum atomic E-state index is 15.6. The number of pyridine rings is 1. The molecule has 1 fully saturated rings. The molecule has 0 amide bonds. The minimum absolute atomic E-state index is 0.00221. The predicted octanol–water partition coefficient (Wildman–Crippen LogP) is 3.97. The van der Waals surface area contributed by atoms with E-state index in [2.05, 4.69) is 0 Å². The van der Waals surface area contributed by atoms with Crippen LogP contribution in [-0.2, 0) is 13.1 Å². The number of rotatable bonds is 3. The highest BCUT2D eigenvalue weighted by molar-refractivity contribution is 5.94. The summed E-state index contributed by atoms with van der Waals surface area (Å²) in [5.41, 5.74) is -0.881. The van der Waals surface area contributed by atoms with Gasteiger partial charge < -0.3 is 14.6 Å². The molecule has 1 aliphatic heterocycles. The molecule has 1 saturated carbocycles. The van der Waals surface area contributed by atoms with Gasteiger partial charge in [-0.3, -0.25) is 4.79 Å². The summed E-state index contributed by atoms with van der Waals surface area (Å²) in [6.07, 6.45) is 2.56. The van der Waals surface area contributed by atoms with Crippen LogP contribution in [0.2, 0.25) is 0 Å². The monoisotopic (exact) mass is 400 g/mol. The number of hydrogen-bond donors (Lipinski definition) is 1. The Labute approximate surface area is 162 Å². The van der Waals surface area contributed by atoms with Gasteiger partial charge in [0.2, 0.25) is 5.43 Å². The number of carboxylic acids is 1. The Morgan fingerprint density at radius 1 is 1.10 bits per heavy atom. The van der Waals surface area contributed by atoms with Crippen molar-refractivity contribution in [1.29, 1.82) is 0 Å². The van der Waals surface area contributed by atoms with Crippen molar-refractivity contribution in [2.75, 3.05) is 4.90 Å². The minimum atomic E-state index is -1.44. The van der Waals surface area contributed by atoms with E-state index in [0.29, 0.717) is 24.0 Å². The van der Waals surface area contributed by atoms with E-state index in [4.69, 9.17) is 0 Å². The molecule has 2 aliphatic rings. The van der Waals surface area contributed by atoms with Crippen molar-refractivity contribution in [2.24, 2.45) is 0 Å². The fourth-order valence-electron chi connectivity index (χ4n) is 4.05. The Kier molecular flexibility index (Phi) is 3.74. The van der Waals surface area contributed by atoms with E-state index < -0.39 is 34.4 Å². The van der Waals surface area contributed by atoms with Crippen LogP contribution >= 0.6 is 0 Å². The third kappa shape index (κ3) is 2.62. The first-order valence-corrected chi connectivity index (χ1v) is 9.18. The number of benzene rings is 2. The second-order valence-corrected chi connectivity index (χ2v) is 7.47. The van der Waals surface area contributed by atoms with Gasteiger partial charge in [0, 0.05) is 30.9 Å². The van der Waals surface area contributed by atoms with Crippen molar-refractivity contribution in [1.82, 2.24) is 4.57 Å². The average Bonchev–Trinajstić information content (AvgIpc) is 3.42. The molecule has 0 bridgehead atoms. The number of fused-ring (bicyclic) bond motifs is 2. The summed E-state index contributed by atoms with van der Waals surface area (Å²) < 4.78 is 46.0. The first kappa shape index (κ1) is 17.8. The molecule has 0 spiro atoms. The number of anilines is 1.